The maximum atomic E-state index is 12.2. The first-order chi connectivity index (χ1) is 11.3. The molecular weight excluding hydrogens is 343 g/mol. The van der Waals surface area contributed by atoms with Crippen molar-refractivity contribution in [3.63, 3.8) is 0 Å². The molecule has 24 heavy (non-hydrogen) atoms. The summed E-state index contributed by atoms with van der Waals surface area (Å²) in [6, 6.07) is 3.12. The van der Waals surface area contributed by atoms with E-state index in [2.05, 4.69) is 0 Å². The molecular formula is C13H19N2O8P. The van der Waals surface area contributed by atoms with Gasteiger partial charge in [0.25, 0.3) is 5.69 Å². The number of ether oxygens (including phenoxy) is 1. The average molecular weight is 362 g/mol. The van der Waals surface area contributed by atoms with E-state index in [-0.39, 0.29) is 38.2 Å². The first-order valence-electron chi connectivity index (χ1n) is 7.26. The van der Waals surface area contributed by atoms with E-state index in [1.807, 2.05) is 0 Å². The predicted molar refractivity (Wildman–Crippen MR) is 85.6 cm³/mol. The highest BCUT2D eigenvalue weighted by atomic mass is 31.2. The lowest BCUT2D eigenvalue weighted by atomic mass is 10.2. The van der Waals surface area contributed by atoms with Gasteiger partial charge in [-0.25, -0.2) is 0 Å². The third kappa shape index (κ3) is 5.88. The van der Waals surface area contributed by atoms with Crippen LogP contribution in [-0.4, -0.2) is 35.8 Å². The maximum Gasteiger partial charge on any atom is 0.330 e. The van der Waals surface area contributed by atoms with Gasteiger partial charge in [0.2, 0.25) is 0 Å². The molecule has 0 aliphatic heterocycles. The summed E-state index contributed by atoms with van der Waals surface area (Å²) in [6.45, 7) is 3.91. The van der Waals surface area contributed by atoms with E-state index >= 15 is 0 Å². The minimum atomic E-state index is -3.20. The minimum absolute atomic E-state index is 0.0305. The molecule has 0 fully saturated rings. The van der Waals surface area contributed by atoms with E-state index in [9.17, 15) is 24.8 Å². The number of non-ortho nitro benzene ring substituents is 1. The quantitative estimate of drug-likeness (QED) is 0.253. The third-order valence-corrected chi connectivity index (χ3v) is 5.00. The number of benzene rings is 1. The van der Waals surface area contributed by atoms with Gasteiger partial charge in [-0.1, -0.05) is 0 Å². The molecule has 0 aliphatic carbocycles. The normalized spacial score (nSPS) is 11.2. The van der Waals surface area contributed by atoms with Gasteiger partial charge >= 0.3 is 13.3 Å². The first kappa shape index (κ1) is 20.0. The summed E-state index contributed by atoms with van der Waals surface area (Å²) in [4.78, 5) is 20.2. The maximum absolute atomic E-state index is 12.2. The van der Waals surface area contributed by atoms with Crippen molar-refractivity contribution in [2.45, 2.75) is 20.3 Å². The van der Waals surface area contributed by atoms with Gasteiger partial charge < -0.3 is 13.8 Å². The van der Waals surface area contributed by atoms with Crippen molar-refractivity contribution in [3.8, 4) is 5.75 Å². The Balaban J connectivity index is 2.69. The number of hydrogen-bond donors (Lipinski definition) is 0. The smallest absolute Gasteiger partial charge is 0.330 e. The molecule has 0 amide bonds. The van der Waals surface area contributed by atoms with Crippen molar-refractivity contribution >= 4 is 19.0 Å². The Morgan fingerprint density at radius 1 is 1.08 bits per heavy atom. The second kappa shape index (κ2) is 9.31. The van der Waals surface area contributed by atoms with Crippen molar-refractivity contribution in [2.75, 3.05) is 26.0 Å². The van der Waals surface area contributed by atoms with E-state index in [1.54, 1.807) is 13.8 Å². The van der Waals surface area contributed by atoms with Crippen LogP contribution in [0.5, 0.6) is 5.75 Å². The Labute approximate surface area is 138 Å². The molecule has 11 heteroatoms. The van der Waals surface area contributed by atoms with Crippen molar-refractivity contribution in [1.29, 1.82) is 0 Å². The highest BCUT2D eigenvalue weighted by Crippen LogP contribution is 2.48. The molecule has 0 spiro atoms. The molecule has 0 saturated carbocycles. The van der Waals surface area contributed by atoms with Crippen LogP contribution >= 0.6 is 7.60 Å². The first-order valence-corrected chi connectivity index (χ1v) is 8.99. The zero-order valence-corrected chi connectivity index (χ0v) is 14.3. The van der Waals surface area contributed by atoms with E-state index in [0.29, 0.717) is 0 Å². The van der Waals surface area contributed by atoms with Crippen LogP contribution in [0.3, 0.4) is 0 Å². The van der Waals surface area contributed by atoms with Gasteiger partial charge in [0.15, 0.2) is 5.75 Å². The number of nitro groups is 2. The molecule has 0 aliphatic rings. The number of hydrogen-bond acceptors (Lipinski definition) is 8. The Bertz CT molecular complexity index is 626. The molecule has 0 aromatic heterocycles. The Hall–Kier alpha value is -2.03. The van der Waals surface area contributed by atoms with E-state index in [0.717, 1.165) is 12.1 Å². The number of nitrogens with zero attached hydrogens (tertiary/aromatic N) is 2. The summed E-state index contributed by atoms with van der Waals surface area (Å²) in [5, 5.41) is 21.6. The van der Waals surface area contributed by atoms with Crippen LogP contribution in [-0.2, 0) is 13.6 Å². The van der Waals surface area contributed by atoms with Crippen LogP contribution in [0.1, 0.15) is 20.3 Å². The predicted octanol–water partition coefficient (Wildman–Crippen LogP) is 3.54. The van der Waals surface area contributed by atoms with Gasteiger partial charge in [0.05, 0.1) is 41.9 Å². The average Bonchev–Trinajstić information content (AvgIpc) is 2.51. The van der Waals surface area contributed by atoms with Crippen molar-refractivity contribution in [3.05, 3.63) is 38.4 Å². The molecule has 0 unspecified atom stereocenters. The fourth-order valence-corrected chi connectivity index (χ4v) is 3.52. The fraction of sp³-hybridized carbons (Fsp3) is 0.538. The summed E-state index contributed by atoms with van der Waals surface area (Å²) in [7, 11) is -3.20. The lowest BCUT2D eigenvalue weighted by Crippen LogP contribution is -2.06. The van der Waals surface area contributed by atoms with Crippen LogP contribution < -0.4 is 4.74 Å². The highest BCUT2D eigenvalue weighted by molar-refractivity contribution is 7.53. The molecule has 0 heterocycles. The summed E-state index contributed by atoms with van der Waals surface area (Å²) >= 11 is 0. The molecule has 1 aromatic carbocycles. The standard InChI is InChI=1S/C13H19N2O8P/c1-3-22-24(20,23-4-2)9-5-8-21-13-7-6-11(14(16)17)10-12(13)15(18)19/h6-7,10H,3-5,8-9H2,1-2H3. The van der Waals surface area contributed by atoms with Crippen LogP contribution in [0.4, 0.5) is 11.4 Å². The van der Waals surface area contributed by atoms with Gasteiger partial charge in [-0.2, -0.15) is 0 Å². The SMILES string of the molecule is CCOP(=O)(CCCOc1ccc([N+](=O)[O-])cc1[N+](=O)[O-])OCC. The van der Waals surface area contributed by atoms with Crippen molar-refractivity contribution in [1.82, 2.24) is 0 Å². The van der Waals surface area contributed by atoms with Gasteiger partial charge in [-0.3, -0.25) is 24.8 Å². The van der Waals surface area contributed by atoms with E-state index in [4.69, 9.17) is 13.8 Å². The lowest BCUT2D eigenvalue weighted by Gasteiger charge is -2.16. The number of nitro benzene ring substituents is 2. The molecule has 1 rings (SSSR count). The largest absolute Gasteiger partial charge is 0.487 e. The topological polar surface area (TPSA) is 131 Å². The molecule has 0 atom stereocenters. The van der Waals surface area contributed by atoms with Crippen molar-refractivity contribution < 1.29 is 28.2 Å². The van der Waals surface area contributed by atoms with Gasteiger partial charge in [0.1, 0.15) is 0 Å². The van der Waals surface area contributed by atoms with Crippen LogP contribution in [0.25, 0.3) is 0 Å². The molecule has 0 N–H and O–H groups in total. The summed E-state index contributed by atoms with van der Waals surface area (Å²) < 4.78 is 27.8. The van der Waals surface area contributed by atoms with Gasteiger partial charge in [-0.15, -0.1) is 0 Å². The van der Waals surface area contributed by atoms with Crippen LogP contribution in [0.2, 0.25) is 0 Å². The monoisotopic (exact) mass is 362 g/mol. The Morgan fingerprint density at radius 3 is 2.21 bits per heavy atom. The van der Waals surface area contributed by atoms with Gasteiger partial charge in [0, 0.05) is 6.07 Å². The second-order valence-electron chi connectivity index (χ2n) is 4.54. The third-order valence-electron chi connectivity index (χ3n) is 2.84. The second-order valence-corrected chi connectivity index (χ2v) is 6.72. The van der Waals surface area contributed by atoms with Crippen molar-refractivity contribution in [2.24, 2.45) is 0 Å². The zero-order valence-electron chi connectivity index (χ0n) is 13.4. The summed E-state index contributed by atoms with van der Waals surface area (Å²) in [5.41, 5.74) is -0.895. The summed E-state index contributed by atoms with van der Waals surface area (Å²) in [5.74, 6) is -0.0896. The minimum Gasteiger partial charge on any atom is -0.487 e. The summed E-state index contributed by atoms with van der Waals surface area (Å²) in [6.07, 6.45) is 0.390. The van der Waals surface area contributed by atoms with E-state index in [1.165, 1.54) is 6.07 Å². The van der Waals surface area contributed by atoms with Crippen LogP contribution in [0.15, 0.2) is 18.2 Å². The number of rotatable bonds is 11. The molecule has 10 nitrogen and oxygen atoms in total. The Morgan fingerprint density at radius 2 is 1.71 bits per heavy atom. The van der Waals surface area contributed by atoms with Gasteiger partial charge in [-0.05, 0) is 26.3 Å². The molecule has 0 saturated heterocycles. The zero-order chi connectivity index (χ0) is 18.2. The fourth-order valence-electron chi connectivity index (χ4n) is 1.88. The molecule has 0 radical (unpaired) electrons. The lowest BCUT2D eigenvalue weighted by molar-refractivity contribution is -0.394. The molecule has 0 bridgehead atoms. The molecule has 1 aromatic rings. The molecule has 134 valence electrons. The van der Waals surface area contributed by atoms with E-state index < -0.39 is 28.8 Å². The van der Waals surface area contributed by atoms with Crippen LogP contribution in [0, 0.1) is 20.2 Å². The highest BCUT2D eigenvalue weighted by Gasteiger charge is 2.24. The Kier molecular flexibility index (Phi) is 7.76.